The van der Waals surface area contributed by atoms with Crippen LogP contribution in [-0.4, -0.2) is 48.3 Å². The van der Waals surface area contributed by atoms with Gasteiger partial charge in [-0.05, 0) is 153 Å². The Kier molecular flexibility index (Phi) is 23.5. The summed E-state index contributed by atoms with van der Waals surface area (Å²) in [6.45, 7) is 7.27. The van der Waals surface area contributed by atoms with E-state index < -0.39 is 53.0 Å². The van der Waals surface area contributed by atoms with Crippen molar-refractivity contribution in [1.82, 2.24) is 0 Å². The molecule has 12 nitrogen and oxygen atoms in total. The number of carboxylic acid groups (broad SMARTS) is 2. The van der Waals surface area contributed by atoms with E-state index in [1.165, 1.54) is 93.1 Å². The lowest BCUT2D eigenvalue weighted by molar-refractivity contribution is 0.0587. The summed E-state index contributed by atoms with van der Waals surface area (Å²) in [5, 5.41) is 18.3. The van der Waals surface area contributed by atoms with Gasteiger partial charge in [0, 0.05) is 22.4 Å². The van der Waals surface area contributed by atoms with Crippen molar-refractivity contribution >= 4 is 125 Å². The standard InChI is InChI=1S/C15H12BrFO3.C14H10BrFO3.C14H8BrFO2.C9H8BrFO2.C7H4BrFO2/c1-9-7-10(15(18)19-2)14(8-11(9)16)20-13-6-4-3-5-12(13)17;1-8-6-9(14(17)18)13(7-10(8)15)19-12-5-3-2-4-11(12)16;1-7-5-9-12(6-10(7)15)18-14-8(13(9)17)3-2-4-11(14)16;1-5-3-6(9(12)13-2)8(11)4-7(5)10;8-4-1-2-5(7(10)11)6(9)3-4/h3-8H,1-2H3;2-7H,1H3,(H,17,18);2-6H,1H3;3-4H,1-2H3;1-3H,(H,10,11). The smallest absolute Gasteiger partial charge is 0.341 e. The summed E-state index contributed by atoms with van der Waals surface area (Å²) in [6.07, 6.45) is 0. The van der Waals surface area contributed by atoms with Gasteiger partial charge in [0.15, 0.2) is 34.5 Å². The fourth-order valence-electron chi connectivity index (χ4n) is 6.78. The van der Waals surface area contributed by atoms with E-state index >= 15 is 0 Å². The maximum absolute atomic E-state index is 13.6. The molecule has 420 valence electrons. The first-order chi connectivity index (χ1) is 38.3. The number of aromatic carboxylic acids is 2. The Balaban J connectivity index is 0.000000189. The number of fused-ring (bicyclic) bond motifs is 2. The minimum Gasteiger partial charge on any atom is -0.478 e. The first kappa shape index (κ1) is 64.6. The highest BCUT2D eigenvalue weighted by atomic mass is 79.9. The highest BCUT2D eigenvalue weighted by molar-refractivity contribution is 9.11. The van der Waals surface area contributed by atoms with E-state index in [2.05, 4.69) is 84.4 Å². The van der Waals surface area contributed by atoms with Crippen LogP contribution in [0.3, 0.4) is 0 Å². The predicted octanol–water partition coefficient (Wildman–Crippen LogP) is 18.0. The number of benzene rings is 8. The van der Waals surface area contributed by atoms with Crippen molar-refractivity contribution in [2.24, 2.45) is 0 Å². The van der Waals surface area contributed by atoms with Crippen LogP contribution in [-0.2, 0) is 9.47 Å². The van der Waals surface area contributed by atoms with Crippen molar-refractivity contribution in [3.05, 3.63) is 240 Å². The van der Waals surface area contributed by atoms with E-state index in [0.29, 0.717) is 24.4 Å². The molecule has 0 aliphatic carbocycles. The molecule has 0 unspecified atom stereocenters. The molecule has 0 radical (unpaired) electrons. The van der Waals surface area contributed by atoms with Gasteiger partial charge >= 0.3 is 23.9 Å². The average Bonchev–Trinajstić information content (AvgIpc) is 3.46. The summed E-state index contributed by atoms with van der Waals surface area (Å²) >= 11 is 16.2. The van der Waals surface area contributed by atoms with E-state index in [4.69, 9.17) is 28.8 Å². The monoisotopic (exact) mass is 1430 g/mol. The molecule has 0 fully saturated rings. The Morgan fingerprint density at radius 2 is 0.864 bits per heavy atom. The Morgan fingerprint density at radius 3 is 1.37 bits per heavy atom. The second-order valence-corrected chi connectivity index (χ2v) is 21.0. The summed E-state index contributed by atoms with van der Waals surface area (Å²) in [4.78, 5) is 56.5. The number of carboxylic acids is 2. The number of esters is 2. The van der Waals surface area contributed by atoms with Crippen molar-refractivity contribution in [2.75, 3.05) is 14.2 Å². The van der Waals surface area contributed by atoms with Gasteiger partial charge in [0.1, 0.15) is 39.8 Å². The molecule has 0 aliphatic rings. The zero-order valence-corrected chi connectivity index (χ0v) is 50.9. The molecule has 2 N–H and O–H groups in total. The van der Waals surface area contributed by atoms with Gasteiger partial charge in [-0.1, -0.05) is 110 Å². The predicted molar refractivity (Wildman–Crippen MR) is 313 cm³/mol. The van der Waals surface area contributed by atoms with Gasteiger partial charge in [-0.3, -0.25) is 4.79 Å². The fourth-order valence-corrected chi connectivity index (χ4v) is 8.40. The van der Waals surface area contributed by atoms with Gasteiger partial charge in [-0.15, -0.1) is 0 Å². The minimum atomic E-state index is -1.25. The maximum Gasteiger partial charge on any atom is 0.341 e. The van der Waals surface area contributed by atoms with Crippen LogP contribution in [0.1, 0.15) is 63.7 Å². The third-order valence-electron chi connectivity index (χ3n) is 11.0. The van der Waals surface area contributed by atoms with Crippen LogP contribution in [0, 0.1) is 56.8 Å². The van der Waals surface area contributed by atoms with Crippen molar-refractivity contribution < 1.29 is 74.7 Å². The highest BCUT2D eigenvalue weighted by Crippen LogP contribution is 2.34. The molecule has 1 aromatic heterocycles. The molecular formula is C59H42Br5F5O12. The van der Waals surface area contributed by atoms with Crippen LogP contribution in [0.4, 0.5) is 22.0 Å². The number of para-hydroxylation sites is 3. The number of halogens is 10. The third-order valence-corrected chi connectivity index (χ3v) is 14.9. The van der Waals surface area contributed by atoms with Gasteiger partial charge in [-0.2, -0.15) is 0 Å². The summed E-state index contributed by atoms with van der Waals surface area (Å²) < 4.78 is 95.5. The highest BCUT2D eigenvalue weighted by Gasteiger charge is 2.19. The zero-order valence-electron chi connectivity index (χ0n) is 43.0. The van der Waals surface area contributed by atoms with Crippen LogP contribution in [0.25, 0.3) is 21.9 Å². The Morgan fingerprint density at radius 1 is 0.432 bits per heavy atom. The van der Waals surface area contributed by atoms with Crippen molar-refractivity contribution in [3.8, 4) is 23.0 Å². The van der Waals surface area contributed by atoms with E-state index in [0.717, 1.165) is 37.3 Å². The van der Waals surface area contributed by atoms with Crippen molar-refractivity contribution in [2.45, 2.75) is 27.7 Å². The first-order valence-electron chi connectivity index (χ1n) is 23.1. The third kappa shape index (κ3) is 17.1. The molecule has 0 bridgehead atoms. The number of ether oxygens (including phenoxy) is 4. The molecule has 0 amide bonds. The number of hydrogen-bond donors (Lipinski definition) is 2. The lowest BCUT2D eigenvalue weighted by atomic mass is 10.1. The molecular weight excluding hydrogens is 1400 g/mol. The summed E-state index contributed by atoms with van der Waals surface area (Å²) in [7, 11) is 2.51. The van der Waals surface area contributed by atoms with Crippen LogP contribution in [0.15, 0.2) is 165 Å². The van der Waals surface area contributed by atoms with Gasteiger partial charge < -0.3 is 33.6 Å². The van der Waals surface area contributed by atoms with E-state index in [-0.39, 0.29) is 61.6 Å². The van der Waals surface area contributed by atoms with E-state index in [1.54, 1.807) is 62.4 Å². The van der Waals surface area contributed by atoms with Crippen molar-refractivity contribution in [1.29, 1.82) is 0 Å². The van der Waals surface area contributed by atoms with Crippen LogP contribution >= 0.6 is 79.6 Å². The lowest BCUT2D eigenvalue weighted by Crippen LogP contribution is -2.05. The Bertz CT molecular complexity index is 3910. The molecule has 81 heavy (non-hydrogen) atoms. The summed E-state index contributed by atoms with van der Waals surface area (Å²) in [5.74, 6) is -6.09. The van der Waals surface area contributed by atoms with Crippen LogP contribution < -0.4 is 14.9 Å². The number of carbonyl (C=O) groups excluding carboxylic acids is 2. The first-order valence-corrected chi connectivity index (χ1v) is 27.0. The molecule has 8 aromatic carbocycles. The molecule has 1 heterocycles. The molecule has 0 spiro atoms. The molecule has 0 saturated heterocycles. The molecule has 9 rings (SSSR count). The van der Waals surface area contributed by atoms with Gasteiger partial charge in [0.25, 0.3) is 0 Å². The van der Waals surface area contributed by atoms with Gasteiger partial charge in [0.2, 0.25) is 5.43 Å². The molecule has 9 aromatic rings. The van der Waals surface area contributed by atoms with E-state index in [1.807, 2.05) is 13.8 Å². The SMILES string of the molecule is COC(=O)c1cc(C)c(Br)cc1F.COC(=O)c1cc(C)c(Br)cc1Oc1ccccc1F.Cc1cc(C(=O)O)c(Oc2ccccc2F)cc1Br.Cc1cc2c(=O)c3cccc(F)c3oc2cc1Br.O=C(O)c1ccc(Br)cc1F. The maximum atomic E-state index is 13.6. The number of hydrogen-bond acceptors (Lipinski definition) is 10. The minimum absolute atomic E-state index is 0.00533. The molecule has 0 saturated carbocycles. The number of carbonyl (C=O) groups is 4. The Hall–Kier alpha value is -7.24. The summed E-state index contributed by atoms with van der Waals surface area (Å²) in [5.41, 5.74) is 3.41. The fraction of sp³-hybridized carbons (Fsp3) is 0.102. The van der Waals surface area contributed by atoms with Crippen LogP contribution in [0.5, 0.6) is 23.0 Å². The number of aryl methyl sites for hydroxylation is 4. The Labute approximate surface area is 501 Å². The lowest BCUT2D eigenvalue weighted by Gasteiger charge is -2.12. The molecule has 0 aliphatic heterocycles. The second-order valence-electron chi connectivity index (χ2n) is 16.7. The largest absolute Gasteiger partial charge is 0.478 e. The normalized spacial score (nSPS) is 10.3. The topological polar surface area (TPSA) is 176 Å². The van der Waals surface area contributed by atoms with Crippen LogP contribution in [0.2, 0.25) is 0 Å². The van der Waals surface area contributed by atoms with E-state index in [9.17, 15) is 45.9 Å². The molecule has 0 atom stereocenters. The van der Waals surface area contributed by atoms with Crippen molar-refractivity contribution in [3.63, 3.8) is 0 Å². The average molecular weight is 1440 g/mol. The summed E-state index contributed by atoms with van der Waals surface area (Å²) in [6, 6.07) is 32.4. The quantitative estimate of drug-likeness (QED) is 0.0838. The second kappa shape index (κ2) is 29.5. The number of methoxy groups -OCH3 is 2. The molecule has 22 heteroatoms. The number of rotatable bonds is 8. The van der Waals surface area contributed by atoms with Gasteiger partial charge in [-0.25, -0.2) is 41.1 Å². The van der Waals surface area contributed by atoms with Gasteiger partial charge in [0.05, 0.1) is 36.1 Å². The zero-order chi connectivity index (χ0) is 60.0.